The number of ether oxygens (including phenoxy) is 2. The van der Waals surface area contributed by atoms with E-state index in [1.165, 1.54) is 10.5 Å². The van der Waals surface area contributed by atoms with Crippen LogP contribution >= 0.6 is 0 Å². The summed E-state index contributed by atoms with van der Waals surface area (Å²) in [4.78, 5) is 16.3. The van der Waals surface area contributed by atoms with Crippen LogP contribution in [0.15, 0.2) is 48.5 Å². The van der Waals surface area contributed by atoms with Crippen LogP contribution in [0.25, 0.3) is 0 Å². The fourth-order valence-corrected chi connectivity index (χ4v) is 3.62. The van der Waals surface area contributed by atoms with Crippen LogP contribution in [0.1, 0.15) is 12.5 Å². The van der Waals surface area contributed by atoms with Gasteiger partial charge < -0.3 is 24.6 Å². The molecule has 1 fully saturated rings. The van der Waals surface area contributed by atoms with Gasteiger partial charge in [-0.05, 0) is 19.1 Å². The van der Waals surface area contributed by atoms with Crippen molar-refractivity contribution in [2.45, 2.75) is 19.5 Å². The average Bonchev–Trinajstić information content (AvgIpc) is 2.74. The molecule has 0 saturated carbocycles. The van der Waals surface area contributed by atoms with E-state index in [-0.39, 0.29) is 11.9 Å². The monoisotopic (exact) mass is 384 g/mol. The zero-order chi connectivity index (χ0) is 19.9. The number of nitrogens with zero attached hydrogens (tertiary/aromatic N) is 1. The Kier molecular flexibility index (Phi) is 6.76. The third-order valence-electron chi connectivity index (χ3n) is 5.22. The zero-order valence-corrected chi connectivity index (χ0v) is 16.9. The maximum absolute atomic E-state index is 12.8. The van der Waals surface area contributed by atoms with Crippen LogP contribution in [-0.4, -0.2) is 57.2 Å². The van der Waals surface area contributed by atoms with Gasteiger partial charge in [0.2, 0.25) is 5.91 Å². The van der Waals surface area contributed by atoms with Crippen molar-refractivity contribution in [1.82, 2.24) is 4.90 Å². The number of hydrogen-bond donors (Lipinski definition) is 2. The van der Waals surface area contributed by atoms with Gasteiger partial charge in [-0.3, -0.25) is 4.79 Å². The van der Waals surface area contributed by atoms with Crippen molar-refractivity contribution in [3.63, 3.8) is 0 Å². The van der Waals surface area contributed by atoms with Crippen LogP contribution in [0, 0.1) is 0 Å². The lowest BCUT2D eigenvalue weighted by atomic mass is 10.2. The number of hydrogen-bond acceptors (Lipinski definition) is 4. The molecule has 0 aromatic heterocycles. The Morgan fingerprint density at radius 1 is 1.07 bits per heavy atom. The molecule has 1 aliphatic heterocycles. The fraction of sp³-hybridized carbons (Fsp3) is 0.409. The highest BCUT2D eigenvalue weighted by Gasteiger charge is 2.27. The van der Waals surface area contributed by atoms with E-state index >= 15 is 0 Å². The second kappa shape index (κ2) is 9.46. The Labute approximate surface area is 167 Å². The van der Waals surface area contributed by atoms with E-state index in [2.05, 4.69) is 29.6 Å². The van der Waals surface area contributed by atoms with Crippen LogP contribution in [0.3, 0.4) is 0 Å². The third kappa shape index (κ3) is 4.95. The van der Waals surface area contributed by atoms with Gasteiger partial charge in [-0.2, -0.15) is 0 Å². The maximum atomic E-state index is 12.8. The number of carbonyl (C=O) groups is 1. The third-order valence-corrected chi connectivity index (χ3v) is 5.22. The van der Waals surface area contributed by atoms with E-state index in [9.17, 15) is 4.79 Å². The first-order valence-electron chi connectivity index (χ1n) is 9.75. The van der Waals surface area contributed by atoms with E-state index in [1.807, 2.05) is 36.1 Å². The number of amides is 1. The van der Waals surface area contributed by atoms with Crippen LogP contribution in [0.4, 0.5) is 5.69 Å². The Hall–Kier alpha value is -2.73. The smallest absolute Gasteiger partial charge is 0.245 e. The number of quaternary nitrogens is 1. The van der Waals surface area contributed by atoms with Gasteiger partial charge >= 0.3 is 0 Å². The standard InChI is InChI=1S/C22H29N3O3/c1-17(23-19-9-10-20(27-2)21(15-19)28-3)22(26)25-13-11-24(12-14-25)16-18-7-5-4-6-8-18/h4-10,15,17,23H,11-14,16H2,1-3H3/p+1/t17-/m1/s1. The molecule has 0 radical (unpaired) electrons. The number of benzene rings is 2. The van der Waals surface area contributed by atoms with E-state index in [0.29, 0.717) is 11.5 Å². The lowest BCUT2D eigenvalue weighted by Crippen LogP contribution is -3.13. The molecule has 1 heterocycles. The number of methoxy groups -OCH3 is 2. The summed E-state index contributed by atoms with van der Waals surface area (Å²) in [5.74, 6) is 1.45. The first kappa shape index (κ1) is 20.0. The molecule has 3 rings (SSSR count). The Morgan fingerprint density at radius 3 is 2.39 bits per heavy atom. The molecule has 0 aliphatic carbocycles. The van der Waals surface area contributed by atoms with Crippen LogP contribution < -0.4 is 19.7 Å². The summed E-state index contributed by atoms with van der Waals surface area (Å²) >= 11 is 0. The minimum atomic E-state index is -0.297. The number of carbonyl (C=O) groups excluding carboxylic acids is 1. The van der Waals surface area contributed by atoms with E-state index in [0.717, 1.165) is 38.4 Å². The largest absolute Gasteiger partial charge is 0.493 e. The molecule has 1 aliphatic rings. The Morgan fingerprint density at radius 2 is 1.75 bits per heavy atom. The van der Waals surface area contributed by atoms with Crippen molar-refractivity contribution >= 4 is 11.6 Å². The van der Waals surface area contributed by atoms with Crippen molar-refractivity contribution in [2.24, 2.45) is 0 Å². The van der Waals surface area contributed by atoms with Gasteiger partial charge in [0.05, 0.1) is 40.4 Å². The van der Waals surface area contributed by atoms with Crippen LogP contribution in [-0.2, 0) is 11.3 Å². The number of anilines is 1. The molecule has 1 saturated heterocycles. The maximum Gasteiger partial charge on any atom is 0.245 e. The molecule has 2 N–H and O–H groups in total. The molecule has 0 bridgehead atoms. The highest BCUT2D eigenvalue weighted by molar-refractivity contribution is 5.84. The quantitative estimate of drug-likeness (QED) is 0.758. The normalized spacial score (nSPS) is 15.8. The molecule has 6 nitrogen and oxygen atoms in total. The summed E-state index contributed by atoms with van der Waals surface area (Å²) in [6.45, 7) is 6.45. The van der Waals surface area contributed by atoms with Gasteiger partial charge in [0.15, 0.2) is 11.5 Å². The molecule has 2 aromatic rings. The highest BCUT2D eigenvalue weighted by Crippen LogP contribution is 2.30. The van der Waals surface area contributed by atoms with Gasteiger partial charge in [0.1, 0.15) is 12.6 Å². The topological polar surface area (TPSA) is 55.2 Å². The molecule has 1 atom stereocenters. The molecular formula is C22H30N3O3+. The first-order valence-corrected chi connectivity index (χ1v) is 9.75. The second-order valence-corrected chi connectivity index (χ2v) is 7.17. The Bertz CT molecular complexity index is 774. The van der Waals surface area contributed by atoms with Gasteiger partial charge in [0.25, 0.3) is 0 Å². The highest BCUT2D eigenvalue weighted by atomic mass is 16.5. The van der Waals surface area contributed by atoms with E-state index in [1.54, 1.807) is 14.2 Å². The number of rotatable bonds is 7. The summed E-state index contributed by atoms with van der Waals surface area (Å²) in [5.41, 5.74) is 2.19. The SMILES string of the molecule is COc1ccc(N[C@H](C)C(=O)N2CC[NH+](Cc3ccccc3)CC2)cc1OC. The molecule has 150 valence electrons. The minimum absolute atomic E-state index is 0.133. The number of piperazine rings is 1. The fourth-order valence-electron chi connectivity index (χ4n) is 3.62. The van der Waals surface area contributed by atoms with E-state index < -0.39 is 0 Å². The van der Waals surface area contributed by atoms with Crippen molar-refractivity contribution in [3.05, 3.63) is 54.1 Å². The predicted octanol–water partition coefficient (Wildman–Crippen LogP) is 1.43. The molecule has 2 aromatic carbocycles. The van der Waals surface area contributed by atoms with Gasteiger partial charge in [0, 0.05) is 17.3 Å². The predicted molar refractivity (Wildman–Crippen MR) is 110 cm³/mol. The molecule has 0 spiro atoms. The van der Waals surface area contributed by atoms with Crippen LogP contribution in [0.5, 0.6) is 11.5 Å². The summed E-state index contributed by atoms with van der Waals surface area (Å²) < 4.78 is 10.6. The van der Waals surface area contributed by atoms with E-state index in [4.69, 9.17) is 9.47 Å². The van der Waals surface area contributed by atoms with Crippen molar-refractivity contribution in [3.8, 4) is 11.5 Å². The van der Waals surface area contributed by atoms with Crippen molar-refractivity contribution in [1.29, 1.82) is 0 Å². The van der Waals surface area contributed by atoms with Gasteiger partial charge in [-0.15, -0.1) is 0 Å². The summed E-state index contributed by atoms with van der Waals surface area (Å²) in [5, 5.41) is 3.28. The van der Waals surface area contributed by atoms with Crippen molar-refractivity contribution < 1.29 is 19.2 Å². The summed E-state index contributed by atoms with van der Waals surface area (Å²) in [6, 6.07) is 15.8. The van der Waals surface area contributed by atoms with Gasteiger partial charge in [-0.1, -0.05) is 30.3 Å². The van der Waals surface area contributed by atoms with Crippen LogP contribution in [0.2, 0.25) is 0 Å². The Balaban J connectivity index is 1.52. The molecule has 6 heteroatoms. The molecule has 1 amide bonds. The number of nitrogens with one attached hydrogen (secondary N) is 2. The lowest BCUT2D eigenvalue weighted by molar-refractivity contribution is -0.917. The zero-order valence-electron chi connectivity index (χ0n) is 16.9. The summed E-state index contributed by atoms with van der Waals surface area (Å²) in [7, 11) is 3.21. The summed E-state index contributed by atoms with van der Waals surface area (Å²) in [6.07, 6.45) is 0. The molecule has 0 unspecified atom stereocenters. The average molecular weight is 385 g/mol. The minimum Gasteiger partial charge on any atom is -0.493 e. The molecule has 28 heavy (non-hydrogen) atoms. The molecular weight excluding hydrogens is 354 g/mol. The lowest BCUT2D eigenvalue weighted by Gasteiger charge is -2.34. The van der Waals surface area contributed by atoms with Crippen molar-refractivity contribution in [2.75, 3.05) is 45.7 Å². The van der Waals surface area contributed by atoms with Gasteiger partial charge in [-0.25, -0.2) is 0 Å². The first-order chi connectivity index (χ1) is 13.6. The second-order valence-electron chi connectivity index (χ2n) is 7.17.